The highest BCUT2D eigenvalue weighted by molar-refractivity contribution is 6.42. The van der Waals surface area contributed by atoms with Crippen LogP contribution in [-0.4, -0.2) is 15.5 Å². The highest BCUT2D eigenvalue weighted by atomic mass is 35.5. The molecule has 1 N–H and O–H groups in total. The van der Waals surface area contributed by atoms with Gasteiger partial charge in [-0.2, -0.15) is 0 Å². The number of carbonyl (C=O) groups excluding carboxylic acids is 1. The van der Waals surface area contributed by atoms with Crippen molar-refractivity contribution in [2.45, 2.75) is 6.04 Å². The van der Waals surface area contributed by atoms with Gasteiger partial charge in [0.15, 0.2) is 0 Å². The van der Waals surface area contributed by atoms with Crippen molar-refractivity contribution in [1.82, 2.24) is 14.9 Å². The average Bonchev–Trinajstić information content (AvgIpc) is 3.00. The van der Waals surface area contributed by atoms with Crippen LogP contribution in [0.3, 0.4) is 0 Å². The van der Waals surface area contributed by atoms with Crippen molar-refractivity contribution in [2.24, 2.45) is 7.05 Å². The topological polar surface area (TPSA) is 46.9 Å². The van der Waals surface area contributed by atoms with E-state index in [0.717, 1.165) is 0 Å². The van der Waals surface area contributed by atoms with E-state index in [-0.39, 0.29) is 16.7 Å². The monoisotopic (exact) mass is 377 g/mol. The van der Waals surface area contributed by atoms with Gasteiger partial charge < -0.3 is 9.88 Å². The fourth-order valence-electron chi connectivity index (χ4n) is 2.49. The van der Waals surface area contributed by atoms with Crippen LogP contribution in [-0.2, 0) is 7.05 Å². The van der Waals surface area contributed by atoms with Gasteiger partial charge >= 0.3 is 0 Å². The van der Waals surface area contributed by atoms with Crippen LogP contribution < -0.4 is 5.32 Å². The number of aromatic nitrogens is 2. The van der Waals surface area contributed by atoms with E-state index < -0.39 is 6.04 Å². The van der Waals surface area contributed by atoms with Crippen LogP contribution in [0.1, 0.15) is 27.8 Å². The SMILES string of the molecule is Cn1ccnc1[C@H](NC(=O)c1ccc(Cl)c(Cl)c1)c1cccc(F)c1. The molecule has 4 nitrogen and oxygen atoms in total. The number of rotatable bonds is 4. The molecule has 7 heteroatoms. The summed E-state index contributed by atoms with van der Waals surface area (Å²) in [4.78, 5) is 16.9. The predicted octanol–water partition coefficient (Wildman–Crippen LogP) is 4.39. The maximum absolute atomic E-state index is 13.7. The minimum atomic E-state index is -0.613. The molecule has 1 atom stereocenters. The summed E-state index contributed by atoms with van der Waals surface area (Å²) in [7, 11) is 1.81. The number of nitrogens with one attached hydrogen (secondary N) is 1. The smallest absolute Gasteiger partial charge is 0.252 e. The molecule has 3 aromatic rings. The fourth-order valence-corrected chi connectivity index (χ4v) is 2.79. The van der Waals surface area contributed by atoms with E-state index in [1.54, 1.807) is 48.3 Å². The van der Waals surface area contributed by atoms with Gasteiger partial charge in [-0.1, -0.05) is 35.3 Å². The number of carbonyl (C=O) groups is 1. The standard InChI is InChI=1S/C18H14Cl2FN3O/c1-24-8-7-22-17(24)16(11-3-2-4-13(21)9-11)23-18(25)12-5-6-14(19)15(20)10-12/h2-10,16H,1H3,(H,23,25)/t16-/m1/s1. The molecule has 1 aromatic heterocycles. The summed E-state index contributed by atoms with van der Waals surface area (Å²) in [5, 5.41) is 3.53. The molecule has 0 aliphatic carbocycles. The first-order valence-corrected chi connectivity index (χ1v) is 8.20. The zero-order chi connectivity index (χ0) is 18.0. The Bertz CT molecular complexity index is 926. The Morgan fingerprint density at radius 1 is 1.20 bits per heavy atom. The van der Waals surface area contributed by atoms with Crippen LogP contribution in [0.2, 0.25) is 10.0 Å². The minimum Gasteiger partial charge on any atom is -0.338 e. The second kappa shape index (κ2) is 7.25. The molecule has 0 saturated heterocycles. The number of halogens is 3. The Hall–Kier alpha value is -2.37. The van der Waals surface area contributed by atoms with Crippen LogP contribution in [0.25, 0.3) is 0 Å². The van der Waals surface area contributed by atoms with Gasteiger partial charge in [-0.3, -0.25) is 4.79 Å². The fraction of sp³-hybridized carbons (Fsp3) is 0.111. The molecule has 0 bridgehead atoms. The number of amides is 1. The molecule has 0 unspecified atom stereocenters. The maximum Gasteiger partial charge on any atom is 0.252 e. The lowest BCUT2D eigenvalue weighted by Crippen LogP contribution is -2.31. The molecular formula is C18H14Cl2FN3O. The zero-order valence-electron chi connectivity index (χ0n) is 13.2. The van der Waals surface area contributed by atoms with E-state index in [1.807, 2.05) is 0 Å². The van der Waals surface area contributed by atoms with Crippen molar-refractivity contribution >= 4 is 29.1 Å². The summed E-state index contributed by atoms with van der Waals surface area (Å²) in [6, 6.07) is 10.0. The van der Waals surface area contributed by atoms with Gasteiger partial charge in [0.1, 0.15) is 17.7 Å². The Balaban J connectivity index is 1.96. The van der Waals surface area contributed by atoms with Gasteiger partial charge in [0, 0.05) is 25.0 Å². The van der Waals surface area contributed by atoms with E-state index in [4.69, 9.17) is 23.2 Å². The third kappa shape index (κ3) is 3.83. The van der Waals surface area contributed by atoms with Gasteiger partial charge in [-0.05, 0) is 35.9 Å². The predicted molar refractivity (Wildman–Crippen MR) is 95.4 cm³/mol. The lowest BCUT2D eigenvalue weighted by atomic mass is 10.0. The van der Waals surface area contributed by atoms with E-state index in [2.05, 4.69) is 10.3 Å². The van der Waals surface area contributed by atoms with Crippen LogP contribution in [0, 0.1) is 5.82 Å². The molecule has 0 saturated carbocycles. The Morgan fingerprint density at radius 2 is 2.00 bits per heavy atom. The Morgan fingerprint density at radius 3 is 2.64 bits per heavy atom. The first-order chi connectivity index (χ1) is 12.0. The summed E-state index contributed by atoms with van der Waals surface area (Å²) < 4.78 is 15.4. The second-order valence-corrected chi connectivity index (χ2v) is 6.30. The van der Waals surface area contributed by atoms with E-state index >= 15 is 0 Å². The summed E-state index contributed by atoms with van der Waals surface area (Å²) in [6.07, 6.45) is 3.37. The Kier molecular flexibility index (Phi) is 5.06. The highest BCUT2D eigenvalue weighted by Gasteiger charge is 2.22. The quantitative estimate of drug-likeness (QED) is 0.732. The summed E-state index contributed by atoms with van der Waals surface area (Å²) in [5.74, 6) is -0.171. The minimum absolute atomic E-state index is 0.286. The largest absolute Gasteiger partial charge is 0.338 e. The molecule has 0 spiro atoms. The summed E-state index contributed by atoms with van der Waals surface area (Å²) in [5.41, 5.74) is 0.938. The molecule has 1 amide bonds. The number of hydrogen-bond acceptors (Lipinski definition) is 2. The molecular weight excluding hydrogens is 364 g/mol. The number of benzene rings is 2. The van der Waals surface area contributed by atoms with E-state index in [0.29, 0.717) is 22.0 Å². The third-order valence-corrected chi connectivity index (χ3v) is 4.49. The first-order valence-electron chi connectivity index (χ1n) is 7.44. The maximum atomic E-state index is 13.7. The van der Waals surface area contributed by atoms with E-state index in [9.17, 15) is 9.18 Å². The average molecular weight is 378 g/mol. The van der Waals surface area contributed by atoms with Crippen LogP contribution in [0.15, 0.2) is 54.9 Å². The van der Waals surface area contributed by atoms with Gasteiger partial charge in [-0.15, -0.1) is 0 Å². The van der Waals surface area contributed by atoms with E-state index in [1.165, 1.54) is 18.2 Å². The second-order valence-electron chi connectivity index (χ2n) is 5.49. The van der Waals surface area contributed by atoms with Crippen LogP contribution in [0.5, 0.6) is 0 Å². The van der Waals surface area contributed by atoms with Gasteiger partial charge in [0.2, 0.25) is 0 Å². The molecule has 1 heterocycles. The molecule has 0 aliphatic heterocycles. The molecule has 0 aliphatic rings. The highest BCUT2D eigenvalue weighted by Crippen LogP contribution is 2.25. The van der Waals surface area contributed by atoms with Gasteiger partial charge in [0.05, 0.1) is 10.0 Å². The summed E-state index contributed by atoms with van der Waals surface area (Å²) in [6.45, 7) is 0. The molecule has 25 heavy (non-hydrogen) atoms. The number of imidazole rings is 1. The lowest BCUT2D eigenvalue weighted by Gasteiger charge is -2.19. The zero-order valence-corrected chi connectivity index (χ0v) is 14.7. The molecule has 0 fully saturated rings. The van der Waals surface area contributed by atoms with Crippen molar-refractivity contribution in [3.8, 4) is 0 Å². The van der Waals surface area contributed by atoms with Gasteiger partial charge in [-0.25, -0.2) is 9.37 Å². The number of hydrogen-bond donors (Lipinski definition) is 1. The Labute approximate surface area is 154 Å². The molecule has 0 radical (unpaired) electrons. The van der Waals surface area contributed by atoms with Crippen molar-refractivity contribution in [1.29, 1.82) is 0 Å². The van der Waals surface area contributed by atoms with Gasteiger partial charge in [0.25, 0.3) is 5.91 Å². The lowest BCUT2D eigenvalue weighted by molar-refractivity contribution is 0.0941. The van der Waals surface area contributed by atoms with Crippen LogP contribution >= 0.6 is 23.2 Å². The normalized spacial score (nSPS) is 12.0. The van der Waals surface area contributed by atoms with Crippen molar-refractivity contribution in [3.63, 3.8) is 0 Å². The van der Waals surface area contributed by atoms with Crippen LogP contribution in [0.4, 0.5) is 4.39 Å². The van der Waals surface area contributed by atoms with Crippen molar-refractivity contribution in [2.75, 3.05) is 0 Å². The summed E-state index contributed by atoms with van der Waals surface area (Å²) >= 11 is 11.9. The van der Waals surface area contributed by atoms with Crippen molar-refractivity contribution in [3.05, 3.63) is 87.7 Å². The van der Waals surface area contributed by atoms with Crippen molar-refractivity contribution < 1.29 is 9.18 Å². The first kappa shape index (κ1) is 17.5. The molecule has 3 rings (SSSR count). The molecule has 128 valence electrons. The molecule has 2 aromatic carbocycles. The number of nitrogens with zero attached hydrogens (tertiary/aromatic N) is 2. The number of aryl methyl sites for hydroxylation is 1. The third-order valence-electron chi connectivity index (χ3n) is 3.76.